The van der Waals surface area contributed by atoms with Crippen LogP contribution in [0, 0.1) is 6.92 Å². The zero-order valence-corrected chi connectivity index (χ0v) is 19.2. The van der Waals surface area contributed by atoms with Crippen molar-refractivity contribution in [1.29, 1.82) is 0 Å². The third kappa shape index (κ3) is 4.27. The molecule has 1 fully saturated rings. The van der Waals surface area contributed by atoms with E-state index in [2.05, 4.69) is 26.7 Å². The Morgan fingerprint density at radius 1 is 1.22 bits per heavy atom. The monoisotopic (exact) mass is 468 g/mol. The van der Waals surface area contributed by atoms with Crippen LogP contribution >= 0.6 is 11.8 Å². The number of H-pyrrole nitrogens is 1. The number of thioether (sulfide) groups is 1. The molecule has 0 aliphatic carbocycles. The highest BCUT2D eigenvalue weighted by molar-refractivity contribution is 8.15. The molecule has 0 bridgehead atoms. The van der Waals surface area contributed by atoms with Crippen LogP contribution in [0.25, 0.3) is 10.9 Å². The minimum absolute atomic E-state index is 0.0150. The number of carbonyl (C=O) groups is 1. The number of amides is 1. The molecule has 0 unspecified atom stereocenters. The van der Waals surface area contributed by atoms with E-state index in [1.165, 1.54) is 22.7 Å². The number of para-hydroxylation sites is 1. The van der Waals surface area contributed by atoms with Gasteiger partial charge in [-0.15, -0.1) is 0 Å². The first kappa shape index (κ1) is 21.1. The van der Waals surface area contributed by atoms with Gasteiger partial charge in [-0.25, -0.2) is 8.42 Å². The van der Waals surface area contributed by atoms with Gasteiger partial charge in [-0.3, -0.25) is 9.79 Å². The lowest BCUT2D eigenvalue weighted by Gasteiger charge is -2.12. The number of nitrogens with zero attached hydrogens (tertiary/aromatic N) is 1. The number of aryl methyl sites for hydroxylation is 1. The molecule has 2 atom stereocenters. The smallest absolute Gasteiger partial charge is 0.251 e. The average Bonchev–Trinajstić information content (AvgIpc) is 3.40. The molecule has 0 spiro atoms. The third-order valence-corrected chi connectivity index (χ3v) is 9.06. The molecule has 3 heterocycles. The van der Waals surface area contributed by atoms with Crippen molar-refractivity contribution in [2.45, 2.75) is 24.6 Å². The number of carbonyl (C=O) groups excluding carboxylic acids is 1. The first-order valence-electron chi connectivity index (χ1n) is 10.5. The van der Waals surface area contributed by atoms with Crippen molar-refractivity contribution in [1.82, 2.24) is 10.3 Å². The molecule has 5 rings (SSSR count). The summed E-state index contributed by atoms with van der Waals surface area (Å²) in [5.74, 6) is 0.166. The number of fused-ring (bicyclic) bond motifs is 2. The Bertz CT molecular complexity index is 1330. The summed E-state index contributed by atoms with van der Waals surface area (Å²) in [6.07, 6.45) is 2.73. The van der Waals surface area contributed by atoms with Crippen LogP contribution < -0.4 is 10.6 Å². The quantitative estimate of drug-likeness (QED) is 0.534. The maximum absolute atomic E-state index is 12.7. The third-order valence-electron chi connectivity index (χ3n) is 5.91. The summed E-state index contributed by atoms with van der Waals surface area (Å²) in [6, 6.07) is 13.5. The number of amidine groups is 1. The number of sulfone groups is 1. The van der Waals surface area contributed by atoms with Crippen molar-refractivity contribution in [3.05, 3.63) is 65.4 Å². The largest absolute Gasteiger partial charge is 0.361 e. The van der Waals surface area contributed by atoms with Crippen molar-refractivity contribution in [3.8, 4) is 0 Å². The van der Waals surface area contributed by atoms with E-state index >= 15 is 0 Å². The molecule has 0 saturated carbocycles. The van der Waals surface area contributed by atoms with E-state index in [9.17, 15) is 13.2 Å². The van der Waals surface area contributed by atoms with Crippen molar-refractivity contribution in [2.24, 2.45) is 4.99 Å². The molecular weight excluding hydrogens is 444 g/mol. The van der Waals surface area contributed by atoms with Crippen LogP contribution in [0.15, 0.2) is 53.7 Å². The fourth-order valence-corrected chi connectivity index (χ4v) is 7.85. The highest BCUT2D eigenvalue weighted by Gasteiger charge is 2.42. The van der Waals surface area contributed by atoms with Gasteiger partial charge in [-0.05, 0) is 42.7 Å². The maximum atomic E-state index is 12.7. The lowest BCUT2D eigenvalue weighted by Crippen LogP contribution is -2.25. The van der Waals surface area contributed by atoms with Gasteiger partial charge in [0.1, 0.15) is 0 Å². The summed E-state index contributed by atoms with van der Waals surface area (Å²) in [5.41, 5.74) is 4.65. The second kappa shape index (κ2) is 8.29. The lowest BCUT2D eigenvalue weighted by atomic mass is 10.1. The molecule has 0 radical (unpaired) electrons. The Kier molecular flexibility index (Phi) is 5.46. The molecule has 32 heavy (non-hydrogen) atoms. The highest BCUT2D eigenvalue weighted by atomic mass is 32.2. The van der Waals surface area contributed by atoms with E-state index in [0.29, 0.717) is 12.1 Å². The van der Waals surface area contributed by atoms with Crippen molar-refractivity contribution >= 4 is 49.3 Å². The summed E-state index contributed by atoms with van der Waals surface area (Å²) in [6.45, 7) is 2.50. The zero-order valence-electron chi connectivity index (χ0n) is 17.6. The first-order chi connectivity index (χ1) is 15.4. The van der Waals surface area contributed by atoms with Gasteiger partial charge < -0.3 is 15.6 Å². The van der Waals surface area contributed by atoms with E-state index in [1.807, 2.05) is 49.5 Å². The maximum Gasteiger partial charge on any atom is 0.251 e. The van der Waals surface area contributed by atoms with Crippen LogP contribution in [-0.4, -0.2) is 53.8 Å². The van der Waals surface area contributed by atoms with Crippen LogP contribution in [0.2, 0.25) is 0 Å². The van der Waals surface area contributed by atoms with E-state index in [-0.39, 0.29) is 28.7 Å². The number of rotatable bonds is 5. The second-order valence-electron chi connectivity index (χ2n) is 8.25. The zero-order chi connectivity index (χ0) is 22.3. The van der Waals surface area contributed by atoms with Crippen molar-refractivity contribution in [2.75, 3.05) is 23.4 Å². The summed E-state index contributed by atoms with van der Waals surface area (Å²) < 4.78 is 23.5. The lowest BCUT2D eigenvalue weighted by molar-refractivity contribution is 0.0954. The summed E-state index contributed by atoms with van der Waals surface area (Å²) in [5, 5.41) is 8.17. The van der Waals surface area contributed by atoms with E-state index < -0.39 is 9.84 Å². The number of aromatic amines is 1. The predicted molar refractivity (Wildman–Crippen MR) is 130 cm³/mol. The number of nitrogens with one attached hydrogen (secondary N) is 3. The topological polar surface area (TPSA) is 103 Å². The van der Waals surface area contributed by atoms with Gasteiger partial charge in [0.05, 0.1) is 17.5 Å². The van der Waals surface area contributed by atoms with Crippen LogP contribution in [-0.2, 0) is 16.3 Å². The molecular formula is C23H24N4O3S2. The van der Waals surface area contributed by atoms with Crippen molar-refractivity contribution in [3.63, 3.8) is 0 Å². The molecule has 1 saturated heterocycles. The minimum Gasteiger partial charge on any atom is -0.361 e. The first-order valence-corrected chi connectivity index (χ1v) is 13.2. The Morgan fingerprint density at radius 2 is 2.06 bits per heavy atom. The van der Waals surface area contributed by atoms with E-state index in [4.69, 9.17) is 0 Å². The van der Waals surface area contributed by atoms with Gasteiger partial charge in [-0.2, -0.15) is 0 Å². The number of hydrogen-bond acceptors (Lipinski definition) is 6. The fourth-order valence-electron chi connectivity index (χ4n) is 4.18. The molecule has 3 N–H and O–H groups in total. The van der Waals surface area contributed by atoms with Gasteiger partial charge in [0.2, 0.25) is 0 Å². The SMILES string of the molecule is Cc1ccc(C(=O)NCCc2c[nH]c3ccccc23)cc1NC1=N[C@H]2CS(=O)(=O)C[C@@H]2S1. The van der Waals surface area contributed by atoms with E-state index in [0.717, 1.165) is 28.4 Å². The predicted octanol–water partition coefficient (Wildman–Crippen LogP) is 3.13. The van der Waals surface area contributed by atoms with Gasteiger partial charge in [-0.1, -0.05) is 36.0 Å². The van der Waals surface area contributed by atoms with E-state index in [1.54, 1.807) is 0 Å². The molecule has 2 aliphatic rings. The molecule has 2 aliphatic heterocycles. The fraction of sp³-hybridized carbons (Fsp3) is 0.304. The number of hydrogen-bond donors (Lipinski definition) is 3. The molecule has 166 valence electrons. The second-order valence-corrected chi connectivity index (χ2v) is 11.6. The Balaban J connectivity index is 1.22. The number of benzene rings is 2. The summed E-state index contributed by atoms with van der Waals surface area (Å²) in [4.78, 5) is 20.5. The Morgan fingerprint density at radius 3 is 2.91 bits per heavy atom. The standard InChI is InChI=1S/C23H24N4O3S2/c1-14-6-7-15(10-19(14)26-23-27-20-12-32(29,30)13-21(20)31-23)22(28)24-9-8-16-11-25-18-5-3-2-4-17(16)18/h2-7,10-11,20-21,25H,8-9,12-13H2,1H3,(H,24,28)(H,26,27)/t20-,21-/m0/s1. The highest BCUT2D eigenvalue weighted by Crippen LogP contribution is 2.35. The van der Waals surface area contributed by atoms with Crippen LogP contribution in [0.4, 0.5) is 5.69 Å². The van der Waals surface area contributed by atoms with Crippen LogP contribution in [0.5, 0.6) is 0 Å². The summed E-state index contributed by atoms with van der Waals surface area (Å²) in [7, 11) is -2.98. The molecule has 3 aromatic rings. The van der Waals surface area contributed by atoms with Crippen LogP contribution in [0.3, 0.4) is 0 Å². The molecule has 7 nitrogen and oxygen atoms in total. The molecule has 1 amide bonds. The number of aromatic nitrogens is 1. The van der Waals surface area contributed by atoms with Crippen LogP contribution in [0.1, 0.15) is 21.5 Å². The van der Waals surface area contributed by atoms with Gasteiger partial charge in [0.25, 0.3) is 5.91 Å². The Hall–Kier alpha value is -2.78. The molecule has 9 heteroatoms. The normalized spacial score (nSPS) is 21.3. The molecule has 1 aromatic heterocycles. The van der Waals surface area contributed by atoms with Gasteiger partial charge >= 0.3 is 0 Å². The number of aliphatic imine (C=N–C) groups is 1. The Labute approximate surface area is 191 Å². The number of anilines is 1. The molecule has 2 aromatic carbocycles. The summed E-state index contributed by atoms with van der Waals surface area (Å²) >= 11 is 1.47. The minimum atomic E-state index is -2.98. The van der Waals surface area contributed by atoms with Gasteiger partial charge in [0.15, 0.2) is 15.0 Å². The van der Waals surface area contributed by atoms with Gasteiger partial charge in [0, 0.05) is 40.1 Å². The van der Waals surface area contributed by atoms with Crippen molar-refractivity contribution < 1.29 is 13.2 Å². The average molecular weight is 469 g/mol.